The first-order chi connectivity index (χ1) is 12.8. The molecule has 0 fully saturated rings. The number of fused-ring (bicyclic) bond motifs is 1. The molecule has 2 aromatic heterocycles. The SMILES string of the molecule is CNC(=O)c1cccc(CNC(=O)c2nc(S(C)(=O)=O)n3ccccc23)c1. The smallest absolute Gasteiger partial charge is 0.272 e. The summed E-state index contributed by atoms with van der Waals surface area (Å²) >= 11 is 0. The Morgan fingerprint density at radius 3 is 2.59 bits per heavy atom. The lowest BCUT2D eigenvalue weighted by Gasteiger charge is -2.06. The van der Waals surface area contributed by atoms with Crippen LogP contribution in [0.1, 0.15) is 26.4 Å². The standard InChI is InChI=1S/C18H18N4O4S/c1-19-16(23)13-7-5-6-12(10-13)11-20-17(24)15-14-8-3-4-9-22(14)18(21-15)27(2,25)26/h3-10H,11H2,1-2H3,(H,19,23)(H,20,24). The summed E-state index contributed by atoms with van der Waals surface area (Å²) in [5.41, 5.74) is 1.64. The fraction of sp³-hybridized carbons (Fsp3) is 0.167. The van der Waals surface area contributed by atoms with Crippen molar-refractivity contribution in [1.29, 1.82) is 0 Å². The van der Waals surface area contributed by atoms with E-state index in [1.54, 1.807) is 55.7 Å². The number of aromatic nitrogens is 2. The fourth-order valence-corrected chi connectivity index (χ4v) is 3.44. The van der Waals surface area contributed by atoms with Gasteiger partial charge in [-0.2, -0.15) is 0 Å². The van der Waals surface area contributed by atoms with Gasteiger partial charge in [-0.25, -0.2) is 13.4 Å². The molecule has 3 aromatic rings. The van der Waals surface area contributed by atoms with Crippen molar-refractivity contribution in [2.45, 2.75) is 11.7 Å². The predicted octanol–water partition coefficient (Wildman–Crippen LogP) is 1.03. The number of nitrogens with one attached hydrogen (secondary N) is 2. The predicted molar refractivity (Wildman–Crippen MR) is 99.3 cm³/mol. The van der Waals surface area contributed by atoms with Gasteiger partial charge in [-0.1, -0.05) is 18.2 Å². The van der Waals surface area contributed by atoms with Gasteiger partial charge in [0.1, 0.15) is 0 Å². The number of hydrogen-bond acceptors (Lipinski definition) is 5. The number of benzene rings is 1. The number of carbonyl (C=O) groups excluding carboxylic acids is 2. The molecule has 1 aromatic carbocycles. The lowest BCUT2D eigenvalue weighted by Crippen LogP contribution is -2.24. The van der Waals surface area contributed by atoms with Crippen LogP contribution < -0.4 is 10.6 Å². The number of amides is 2. The van der Waals surface area contributed by atoms with Gasteiger partial charge in [0.05, 0.1) is 5.52 Å². The van der Waals surface area contributed by atoms with Gasteiger partial charge in [-0.05, 0) is 29.8 Å². The van der Waals surface area contributed by atoms with Crippen molar-refractivity contribution in [3.63, 3.8) is 0 Å². The third-order valence-corrected chi connectivity index (χ3v) is 4.88. The van der Waals surface area contributed by atoms with E-state index < -0.39 is 15.7 Å². The summed E-state index contributed by atoms with van der Waals surface area (Å²) in [5.74, 6) is -0.722. The highest BCUT2D eigenvalue weighted by atomic mass is 32.2. The van der Waals surface area contributed by atoms with E-state index in [0.717, 1.165) is 11.8 Å². The van der Waals surface area contributed by atoms with Crippen LogP contribution in [0.15, 0.2) is 53.8 Å². The van der Waals surface area contributed by atoms with Crippen LogP contribution >= 0.6 is 0 Å². The summed E-state index contributed by atoms with van der Waals surface area (Å²) in [4.78, 5) is 28.3. The summed E-state index contributed by atoms with van der Waals surface area (Å²) in [6.45, 7) is 0.170. The minimum absolute atomic E-state index is 0.0264. The topological polar surface area (TPSA) is 110 Å². The summed E-state index contributed by atoms with van der Waals surface area (Å²) in [7, 11) is -2.06. The molecule has 0 saturated carbocycles. The summed E-state index contributed by atoms with van der Waals surface area (Å²) in [6, 6.07) is 11.8. The zero-order valence-electron chi connectivity index (χ0n) is 14.8. The second kappa shape index (κ2) is 7.20. The summed E-state index contributed by atoms with van der Waals surface area (Å²) in [5, 5.41) is 5.07. The maximum atomic E-state index is 12.6. The van der Waals surface area contributed by atoms with Crippen molar-refractivity contribution in [2.75, 3.05) is 13.3 Å². The Hall–Kier alpha value is -3.20. The fourth-order valence-electron chi connectivity index (χ4n) is 2.67. The van der Waals surface area contributed by atoms with E-state index in [2.05, 4.69) is 15.6 Å². The Morgan fingerprint density at radius 2 is 1.89 bits per heavy atom. The molecule has 0 aliphatic rings. The van der Waals surface area contributed by atoms with E-state index in [-0.39, 0.29) is 23.3 Å². The Bertz CT molecular complexity index is 1140. The molecule has 8 nitrogen and oxygen atoms in total. The molecule has 2 amide bonds. The maximum absolute atomic E-state index is 12.6. The minimum atomic E-state index is -3.60. The van der Waals surface area contributed by atoms with Crippen LogP contribution in [0.4, 0.5) is 0 Å². The average molecular weight is 386 g/mol. The first kappa shape index (κ1) is 18.6. The number of pyridine rings is 1. The van der Waals surface area contributed by atoms with Gasteiger partial charge >= 0.3 is 0 Å². The summed E-state index contributed by atoms with van der Waals surface area (Å²) < 4.78 is 25.2. The quantitative estimate of drug-likeness (QED) is 0.681. The molecule has 0 spiro atoms. The molecular formula is C18H18N4O4S. The molecule has 3 rings (SSSR count). The number of rotatable bonds is 5. The molecule has 140 valence electrons. The number of carbonyl (C=O) groups is 2. The molecule has 0 bridgehead atoms. The van der Waals surface area contributed by atoms with Gasteiger partial charge < -0.3 is 10.6 Å². The van der Waals surface area contributed by atoms with Crippen LogP contribution in [0.3, 0.4) is 0 Å². The van der Waals surface area contributed by atoms with Crippen molar-refractivity contribution in [3.8, 4) is 0 Å². The van der Waals surface area contributed by atoms with E-state index >= 15 is 0 Å². The van der Waals surface area contributed by atoms with Gasteiger partial charge in [0, 0.05) is 31.6 Å². The second-order valence-electron chi connectivity index (χ2n) is 5.93. The zero-order chi connectivity index (χ0) is 19.6. The Kier molecular flexibility index (Phi) is 4.95. The Morgan fingerprint density at radius 1 is 1.11 bits per heavy atom. The molecule has 0 unspecified atom stereocenters. The van der Waals surface area contributed by atoms with E-state index in [1.165, 1.54) is 4.40 Å². The van der Waals surface area contributed by atoms with Crippen molar-refractivity contribution < 1.29 is 18.0 Å². The van der Waals surface area contributed by atoms with Crippen molar-refractivity contribution in [2.24, 2.45) is 0 Å². The molecule has 2 N–H and O–H groups in total. The van der Waals surface area contributed by atoms with Crippen molar-refractivity contribution >= 4 is 27.2 Å². The van der Waals surface area contributed by atoms with Crippen molar-refractivity contribution in [1.82, 2.24) is 20.0 Å². The van der Waals surface area contributed by atoms with Crippen LogP contribution in [0.25, 0.3) is 5.52 Å². The normalized spacial score (nSPS) is 11.3. The van der Waals surface area contributed by atoms with Crippen molar-refractivity contribution in [3.05, 3.63) is 65.5 Å². The monoisotopic (exact) mass is 386 g/mol. The Labute approximate surface area is 156 Å². The molecule has 0 aliphatic heterocycles. The molecule has 0 saturated heterocycles. The molecule has 9 heteroatoms. The molecule has 0 atom stereocenters. The first-order valence-corrected chi connectivity index (χ1v) is 9.97. The van der Waals surface area contributed by atoms with Crippen LogP contribution in [-0.4, -0.2) is 42.9 Å². The number of hydrogen-bond donors (Lipinski definition) is 2. The highest BCUT2D eigenvalue weighted by molar-refractivity contribution is 7.90. The number of nitrogens with zero attached hydrogens (tertiary/aromatic N) is 2. The Balaban J connectivity index is 1.87. The third kappa shape index (κ3) is 3.82. The third-order valence-electron chi connectivity index (χ3n) is 3.93. The highest BCUT2D eigenvalue weighted by Gasteiger charge is 2.22. The van der Waals surface area contributed by atoms with E-state index in [1.807, 2.05) is 0 Å². The number of imidazole rings is 1. The van der Waals surface area contributed by atoms with Gasteiger partial charge in [0.25, 0.3) is 11.8 Å². The van der Waals surface area contributed by atoms with E-state index in [0.29, 0.717) is 11.1 Å². The van der Waals surface area contributed by atoms with Crippen LogP contribution in [0, 0.1) is 0 Å². The molecular weight excluding hydrogens is 368 g/mol. The first-order valence-electron chi connectivity index (χ1n) is 8.07. The van der Waals surface area contributed by atoms with E-state index in [9.17, 15) is 18.0 Å². The van der Waals surface area contributed by atoms with Gasteiger partial charge in [0.15, 0.2) is 5.69 Å². The summed E-state index contributed by atoms with van der Waals surface area (Å²) in [6.07, 6.45) is 2.59. The van der Waals surface area contributed by atoms with Crippen LogP contribution in [0.2, 0.25) is 0 Å². The highest BCUT2D eigenvalue weighted by Crippen LogP contribution is 2.17. The lowest BCUT2D eigenvalue weighted by atomic mass is 10.1. The minimum Gasteiger partial charge on any atom is -0.355 e. The van der Waals surface area contributed by atoms with Gasteiger partial charge in [-0.15, -0.1) is 0 Å². The second-order valence-corrected chi connectivity index (χ2v) is 7.84. The van der Waals surface area contributed by atoms with Crippen LogP contribution in [0.5, 0.6) is 0 Å². The largest absolute Gasteiger partial charge is 0.355 e. The zero-order valence-corrected chi connectivity index (χ0v) is 15.6. The molecule has 2 heterocycles. The van der Waals surface area contributed by atoms with E-state index in [4.69, 9.17) is 0 Å². The maximum Gasteiger partial charge on any atom is 0.272 e. The molecule has 0 radical (unpaired) electrons. The molecule has 27 heavy (non-hydrogen) atoms. The lowest BCUT2D eigenvalue weighted by molar-refractivity contribution is 0.0946. The average Bonchev–Trinajstić information content (AvgIpc) is 3.06. The van der Waals surface area contributed by atoms with Crippen LogP contribution in [-0.2, 0) is 16.4 Å². The van der Waals surface area contributed by atoms with Gasteiger partial charge in [-0.3, -0.25) is 14.0 Å². The van der Waals surface area contributed by atoms with Gasteiger partial charge in [0.2, 0.25) is 15.0 Å². The molecule has 0 aliphatic carbocycles. The number of sulfone groups is 1.